The molecule has 1 saturated heterocycles. The fourth-order valence-corrected chi connectivity index (χ4v) is 3.70. The molecule has 1 unspecified atom stereocenters. The van der Waals surface area contributed by atoms with E-state index in [9.17, 15) is 4.79 Å². The highest BCUT2D eigenvalue weighted by Crippen LogP contribution is 2.28. The Hall–Kier alpha value is -3.15. The summed E-state index contributed by atoms with van der Waals surface area (Å²) in [5.41, 5.74) is 2.62. The lowest BCUT2D eigenvalue weighted by atomic mass is 9.92. The Balaban J connectivity index is 1.34. The molecule has 0 saturated carbocycles. The average Bonchev–Trinajstić information content (AvgIpc) is 3.09. The van der Waals surface area contributed by atoms with E-state index in [0.717, 1.165) is 38.0 Å². The highest BCUT2D eigenvalue weighted by molar-refractivity contribution is 5.92. The van der Waals surface area contributed by atoms with Crippen molar-refractivity contribution in [1.29, 1.82) is 0 Å². The van der Waals surface area contributed by atoms with Crippen LogP contribution < -0.4 is 4.74 Å². The summed E-state index contributed by atoms with van der Waals surface area (Å²) in [5.74, 6) is 1.59. The molecular weight excluding hydrogens is 366 g/mol. The normalized spacial score (nSPS) is 17.0. The summed E-state index contributed by atoms with van der Waals surface area (Å²) in [6.45, 7) is 3.60. The maximum atomic E-state index is 12.9. The molecule has 0 N–H and O–H groups in total. The molecule has 6 nitrogen and oxygen atoms in total. The van der Waals surface area contributed by atoms with Crippen LogP contribution in [0.3, 0.4) is 0 Å². The number of hydrogen-bond donors (Lipinski definition) is 0. The number of aromatic nitrogens is 2. The van der Waals surface area contributed by atoms with Crippen LogP contribution >= 0.6 is 0 Å². The van der Waals surface area contributed by atoms with Gasteiger partial charge in [-0.25, -0.2) is 0 Å². The maximum absolute atomic E-state index is 12.9. The average molecular weight is 391 g/mol. The number of likely N-dealkylation sites (tertiary alicyclic amines) is 1. The number of rotatable bonds is 5. The summed E-state index contributed by atoms with van der Waals surface area (Å²) in [6, 6.07) is 16.0. The fourth-order valence-electron chi connectivity index (χ4n) is 3.70. The lowest BCUT2D eigenvalue weighted by molar-refractivity contribution is 0.0750. The van der Waals surface area contributed by atoms with Crippen LogP contribution in [0.15, 0.2) is 59.3 Å². The third-order valence-electron chi connectivity index (χ3n) is 5.33. The molecule has 1 fully saturated rings. The second kappa shape index (κ2) is 8.90. The van der Waals surface area contributed by atoms with Gasteiger partial charge in [-0.2, -0.15) is 0 Å². The molecule has 29 heavy (non-hydrogen) atoms. The van der Waals surface area contributed by atoms with Crippen LogP contribution in [0.2, 0.25) is 0 Å². The predicted octanol–water partition coefficient (Wildman–Crippen LogP) is 4.37. The van der Waals surface area contributed by atoms with E-state index in [0.29, 0.717) is 23.1 Å². The number of hydrogen-bond acceptors (Lipinski definition) is 5. The van der Waals surface area contributed by atoms with Gasteiger partial charge in [0.1, 0.15) is 12.4 Å². The molecular formula is C23H25N3O3. The van der Waals surface area contributed by atoms with E-state index in [1.54, 1.807) is 12.3 Å². The van der Waals surface area contributed by atoms with Crippen molar-refractivity contribution in [3.05, 3.63) is 77.4 Å². The summed E-state index contributed by atoms with van der Waals surface area (Å²) >= 11 is 0. The SMILES string of the molecule is Cc1ccc(OCc2cc(C(=O)N3CCCC(c4ccccc4)CC3)no2)cn1. The van der Waals surface area contributed by atoms with Crippen LogP contribution in [0.5, 0.6) is 5.75 Å². The highest BCUT2D eigenvalue weighted by Gasteiger charge is 2.24. The van der Waals surface area contributed by atoms with Crippen molar-refractivity contribution in [2.45, 2.75) is 38.7 Å². The molecule has 0 radical (unpaired) electrons. The van der Waals surface area contributed by atoms with E-state index < -0.39 is 0 Å². The molecule has 2 aromatic heterocycles. The number of carbonyl (C=O) groups excluding carboxylic acids is 1. The Kier molecular flexibility index (Phi) is 5.89. The third-order valence-corrected chi connectivity index (χ3v) is 5.33. The number of pyridine rings is 1. The molecule has 1 amide bonds. The zero-order valence-corrected chi connectivity index (χ0v) is 16.6. The third kappa shape index (κ3) is 4.83. The molecule has 0 aliphatic carbocycles. The molecule has 4 rings (SSSR count). The van der Waals surface area contributed by atoms with Crippen molar-refractivity contribution in [1.82, 2.24) is 15.0 Å². The van der Waals surface area contributed by atoms with Gasteiger partial charge >= 0.3 is 0 Å². The van der Waals surface area contributed by atoms with Gasteiger partial charge in [-0.15, -0.1) is 0 Å². The Morgan fingerprint density at radius 2 is 2.03 bits per heavy atom. The Labute approximate surface area is 170 Å². The number of ether oxygens (including phenoxy) is 1. The van der Waals surface area contributed by atoms with E-state index in [2.05, 4.69) is 34.4 Å². The molecule has 0 spiro atoms. The molecule has 1 aromatic carbocycles. The number of carbonyl (C=O) groups is 1. The molecule has 150 valence electrons. The van der Waals surface area contributed by atoms with E-state index in [1.165, 1.54) is 5.56 Å². The minimum atomic E-state index is -0.0780. The molecule has 1 atom stereocenters. The fraction of sp³-hybridized carbons (Fsp3) is 0.348. The van der Waals surface area contributed by atoms with E-state index in [4.69, 9.17) is 9.26 Å². The Morgan fingerprint density at radius 3 is 2.83 bits per heavy atom. The molecule has 1 aliphatic heterocycles. The number of nitrogens with zero attached hydrogens (tertiary/aromatic N) is 3. The van der Waals surface area contributed by atoms with Crippen molar-refractivity contribution in [3.63, 3.8) is 0 Å². The van der Waals surface area contributed by atoms with Crippen molar-refractivity contribution in [3.8, 4) is 5.75 Å². The topological polar surface area (TPSA) is 68.5 Å². The first-order valence-electron chi connectivity index (χ1n) is 10.0. The van der Waals surface area contributed by atoms with Crippen LogP contribution in [0.4, 0.5) is 0 Å². The molecule has 0 bridgehead atoms. The summed E-state index contributed by atoms with van der Waals surface area (Å²) in [5, 5.41) is 3.96. The second-order valence-corrected chi connectivity index (χ2v) is 7.43. The lowest BCUT2D eigenvalue weighted by Crippen LogP contribution is -2.32. The van der Waals surface area contributed by atoms with Crippen LogP contribution in [0.1, 0.15) is 52.7 Å². The van der Waals surface area contributed by atoms with E-state index in [-0.39, 0.29) is 12.5 Å². The standard InChI is InChI=1S/C23H25N3O3/c1-17-9-10-20(15-24-17)28-16-21-14-22(25-29-21)23(27)26-12-5-8-19(11-13-26)18-6-3-2-4-7-18/h2-4,6-7,9-10,14-15,19H,5,8,11-13,16H2,1H3. The lowest BCUT2D eigenvalue weighted by Gasteiger charge is -2.19. The van der Waals surface area contributed by atoms with Gasteiger partial charge in [-0.05, 0) is 49.8 Å². The Morgan fingerprint density at radius 1 is 1.17 bits per heavy atom. The summed E-state index contributed by atoms with van der Waals surface area (Å²) in [7, 11) is 0. The van der Waals surface area contributed by atoms with Gasteiger partial charge in [0.25, 0.3) is 5.91 Å². The predicted molar refractivity (Wildman–Crippen MR) is 109 cm³/mol. The highest BCUT2D eigenvalue weighted by atomic mass is 16.5. The quantitative estimate of drug-likeness (QED) is 0.646. The van der Waals surface area contributed by atoms with Crippen molar-refractivity contribution < 1.29 is 14.1 Å². The largest absolute Gasteiger partial charge is 0.484 e. The molecule has 1 aliphatic rings. The smallest absolute Gasteiger partial charge is 0.276 e. The maximum Gasteiger partial charge on any atom is 0.276 e. The summed E-state index contributed by atoms with van der Waals surface area (Å²) in [6.07, 6.45) is 4.71. The minimum Gasteiger partial charge on any atom is -0.484 e. The zero-order valence-electron chi connectivity index (χ0n) is 16.6. The van der Waals surface area contributed by atoms with Gasteiger partial charge in [-0.1, -0.05) is 35.5 Å². The minimum absolute atomic E-state index is 0.0780. The van der Waals surface area contributed by atoms with Crippen molar-refractivity contribution in [2.24, 2.45) is 0 Å². The van der Waals surface area contributed by atoms with E-state index in [1.807, 2.05) is 30.0 Å². The van der Waals surface area contributed by atoms with Crippen molar-refractivity contribution in [2.75, 3.05) is 13.1 Å². The van der Waals surface area contributed by atoms with Gasteiger partial charge in [0.05, 0.1) is 6.20 Å². The second-order valence-electron chi connectivity index (χ2n) is 7.43. The zero-order chi connectivity index (χ0) is 20.1. The summed E-state index contributed by atoms with van der Waals surface area (Å²) < 4.78 is 10.9. The van der Waals surface area contributed by atoms with Crippen LogP contribution in [0, 0.1) is 6.92 Å². The van der Waals surface area contributed by atoms with Crippen LogP contribution in [-0.4, -0.2) is 34.0 Å². The molecule has 3 aromatic rings. The van der Waals surface area contributed by atoms with Crippen LogP contribution in [0.25, 0.3) is 0 Å². The number of aryl methyl sites for hydroxylation is 1. The van der Waals surface area contributed by atoms with Gasteiger partial charge in [-0.3, -0.25) is 9.78 Å². The van der Waals surface area contributed by atoms with Gasteiger partial charge in [0.2, 0.25) is 0 Å². The molecule has 6 heteroatoms. The number of benzene rings is 1. The Bertz CT molecular complexity index is 938. The van der Waals surface area contributed by atoms with Gasteiger partial charge < -0.3 is 14.2 Å². The van der Waals surface area contributed by atoms with Crippen molar-refractivity contribution >= 4 is 5.91 Å². The first-order chi connectivity index (χ1) is 14.2. The monoisotopic (exact) mass is 391 g/mol. The first kappa shape index (κ1) is 19.2. The number of amides is 1. The van der Waals surface area contributed by atoms with Gasteiger partial charge in [0, 0.05) is 24.8 Å². The summed E-state index contributed by atoms with van der Waals surface area (Å²) in [4.78, 5) is 18.9. The first-order valence-corrected chi connectivity index (χ1v) is 10.0. The molecule has 3 heterocycles. The van der Waals surface area contributed by atoms with Crippen LogP contribution in [-0.2, 0) is 6.61 Å². The van der Waals surface area contributed by atoms with Gasteiger partial charge in [0.15, 0.2) is 11.5 Å². The van der Waals surface area contributed by atoms with E-state index >= 15 is 0 Å².